The van der Waals surface area contributed by atoms with Crippen molar-refractivity contribution in [2.24, 2.45) is 5.92 Å². The fourth-order valence-corrected chi connectivity index (χ4v) is 4.22. The smallest absolute Gasteiger partial charge is 0.151 e. The molecule has 19 heavy (non-hydrogen) atoms. The lowest BCUT2D eigenvalue weighted by molar-refractivity contribution is -0.153. The summed E-state index contributed by atoms with van der Waals surface area (Å²) in [7, 11) is 0. The fraction of sp³-hybridized carbons (Fsp3) is 0.562. The molecule has 2 atom stereocenters. The molecule has 3 heteroatoms. The summed E-state index contributed by atoms with van der Waals surface area (Å²) in [5, 5.41) is 0. The van der Waals surface area contributed by atoms with E-state index in [4.69, 9.17) is 0 Å². The summed E-state index contributed by atoms with van der Waals surface area (Å²) < 4.78 is 0. The standard InChI is InChI=1S/C16H20N2O/c1-2-12-3-5-14(6-4-12)16-9-17-7-13(15(16)19)8-18(10-16)11-17/h3-6,13H,2,7-11H2,1H3. The molecule has 0 radical (unpaired) electrons. The van der Waals surface area contributed by atoms with E-state index in [1.807, 2.05) is 0 Å². The molecule has 0 aliphatic carbocycles. The molecule has 4 saturated heterocycles. The number of nitrogens with zero attached hydrogens (tertiary/aromatic N) is 2. The molecule has 4 aliphatic heterocycles. The van der Waals surface area contributed by atoms with Gasteiger partial charge in [-0.15, -0.1) is 0 Å². The number of Topliss-reactive ketones (excluding diaryl/α,β-unsaturated/α-hetero) is 1. The molecule has 0 spiro atoms. The van der Waals surface area contributed by atoms with Gasteiger partial charge < -0.3 is 0 Å². The number of hydrogen-bond acceptors (Lipinski definition) is 3. The third-order valence-electron chi connectivity index (χ3n) is 5.10. The topological polar surface area (TPSA) is 23.6 Å². The SMILES string of the molecule is CCc1ccc(C23CN4CC(CN(C4)C2)C3=O)cc1. The first-order valence-electron chi connectivity index (χ1n) is 7.30. The Morgan fingerprint density at radius 1 is 1.16 bits per heavy atom. The van der Waals surface area contributed by atoms with Crippen molar-refractivity contribution >= 4 is 5.78 Å². The largest absolute Gasteiger partial charge is 0.298 e. The fourth-order valence-electron chi connectivity index (χ4n) is 4.22. The Hall–Kier alpha value is -1.19. The lowest BCUT2D eigenvalue weighted by Crippen LogP contribution is -2.73. The highest BCUT2D eigenvalue weighted by Crippen LogP contribution is 2.41. The van der Waals surface area contributed by atoms with Crippen LogP contribution in [0.25, 0.3) is 0 Å². The quantitative estimate of drug-likeness (QED) is 0.796. The number of hydrogen-bond donors (Lipinski definition) is 0. The summed E-state index contributed by atoms with van der Waals surface area (Å²) in [6, 6.07) is 8.75. The van der Waals surface area contributed by atoms with E-state index in [0.29, 0.717) is 5.78 Å². The van der Waals surface area contributed by atoms with Gasteiger partial charge in [-0.1, -0.05) is 31.2 Å². The number of carbonyl (C=O) groups is 1. The Bertz CT molecular complexity index is 508. The molecule has 0 saturated carbocycles. The Balaban J connectivity index is 1.77. The zero-order valence-corrected chi connectivity index (χ0v) is 11.4. The van der Waals surface area contributed by atoms with E-state index in [-0.39, 0.29) is 11.3 Å². The third kappa shape index (κ3) is 1.55. The monoisotopic (exact) mass is 256 g/mol. The summed E-state index contributed by atoms with van der Waals surface area (Å²) >= 11 is 0. The van der Waals surface area contributed by atoms with Crippen molar-refractivity contribution in [1.29, 1.82) is 0 Å². The molecule has 3 nitrogen and oxygen atoms in total. The van der Waals surface area contributed by atoms with Crippen molar-refractivity contribution < 1.29 is 4.79 Å². The van der Waals surface area contributed by atoms with Gasteiger partial charge in [0.05, 0.1) is 12.1 Å². The van der Waals surface area contributed by atoms with Crippen molar-refractivity contribution in [1.82, 2.24) is 9.80 Å². The van der Waals surface area contributed by atoms with Gasteiger partial charge in [-0.05, 0) is 17.5 Å². The van der Waals surface area contributed by atoms with Crippen LogP contribution in [0.2, 0.25) is 0 Å². The second-order valence-electron chi connectivity index (χ2n) is 6.36. The van der Waals surface area contributed by atoms with E-state index < -0.39 is 0 Å². The molecule has 0 aromatic heterocycles. The molecule has 4 bridgehead atoms. The lowest BCUT2D eigenvalue weighted by atomic mass is 9.65. The minimum absolute atomic E-state index is 0.238. The van der Waals surface area contributed by atoms with Gasteiger partial charge in [0.1, 0.15) is 0 Å². The molecule has 2 unspecified atom stereocenters. The van der Waals surface area contributed by atoms with Gasteiger partial charge in [-0.2, -0.15) is 0 Å². The normalized spacial score (nSPS) is 39.8. The molecule has 1 aromatic rings. The second kappa shape index (κ2) is 3.90. The molecule has 4 aliphatic rings. The van der Waals surface area contributed by atoms with E-state index in [1.54, 1.807) is 0 Å². The molecule has 1 aromatic carbocycles. The zero-order chi connectivity index (χ0) is 13.0. The first kappa shape index (κ1) is 11.6. The summed E-state index contributed by atoms with van der Waals surface area (Å²) in [5.41, 5.74) is 2.33. The second-order valence-corrected chi connectivity index (χ2v) is 6.36. The van der Waals surface area contributed by atoms with Crippen LogP contribution in [-0.2, 0) is 16.6 Å². The summed E-state index contributed by atoms with van der Waals surface area (Å²) in [5.74, 6) is 0.728. The van der Waals surface area contributed by atoms with E-state index in [0.717, 1.165) is 39.3 Å². The van der Waals surface area contributed by atoms with Crippen LogP contribution < -0.4 is 0 Å². The predicted molar refractivity (Wildman–Crippen MR) is 74.0 cm³/mol. The van der Waals surface area contributed by atoms with Crippen LogP contribution in [-0.4, -0.2) is 48.4 Å². The van der Waals surface area contributed by atoms with Crippen LogP contribution >= 0.6 is 0 Å². The van der Waals surface area contributed by atoms with Crippen molar-refractivity contribution in [2.75, 3.05) is 32.8 Å². The summed E-state index contributed by atoms with van der Waals surface area (Å²) in [4.78, 5) is 17.7. The molecule has 5 rings (SSSR count). The number of rotatable bonds is 2. The maximum absolute atomic E-state index is 12.8. The number of benzene rings is 1. The Kier molecular flexibility index (Phi) is 2.39. The Labute approximate surface area is 114 Å². The molecule has 4 fully saturated rings. The zero-order valence-electron chi connectivity index (χ0n) is 11.4. The van der Waals surface area contributed by atoms with E-state index >= 15 is 0 Å². The summed E-state index contributed by atoms with van der Waals surface area (Å²) in [6.45, 7) is 7.02. The molecule has 100 valence electrons. The van der Waals surface area contributed by atoms with E-state index in [2.05, 4.69) is 41.0 Å². The van der Waals surface area contributed by atoms with Gasteiger partial charge in [-0.25, -0.2) is 0 Å². The maximum Gasteiger partial charge on any atom is 0.151 e. The molecule has 4 heterocycles. The molecule has 0 amide bonds. The van der Waals surface area contributed by atoms with E-state index in [9.17, 15) is 4.79 Å². The average Bonchev–Trinajstić information content (AvgIpc) is 2.44. The number of carbonyl (C=O) groups excluding carboxylic acids is 1. The minimum Gasteiger partial charge on any atom is -0.298 e. The highest BCUT2D eigenvalue weighted by atomic mass is 16.1. The lowest BCUT2D eigenvalue weighted by Gasteiger charge is -2.58. The third-order valence-corrected chi connectivity index (χ3v) is 5.10. The molecular weight excluding hydrogens is 236 g/mol. The Morgan fingerprint density at radius 3 is 2.37 bits per heavy atom. The Morgan fingerprint density at radius 2 is 1.79 bits per heavy atom. The van der Waals surface area contributed by atoms with Crippen LogP contribution in [0.5, 0.6) is 0 Å². The molecular formula is C16H20N2O. The van der Waals surface area contributed by atoms with Crippen LogP contribution in [0, 0.1) is 5.92 Å². The number of piperidine rings is 2. The molecule has 0 N–H and O–H groups in total. The first-order valence-corrected chi connectivity index (χ1v) is 7.30. The predicted octanol–water partition coefficient (Wildman–Crippen LogP) is 1.27. The van der Waals surface area contributed by atoms with Crippen molar-refractivity contribution in [3.8, 4) is 0 Å². The minimum atomic E-state index is -0.244. The highest BCUT2D eigenvalue weighted by molar-refractivity contribution is 5.95. The van der Waals surface area contributed by atoms with Gasteiger partial charge in [0.25, 0.3) is 0 Å². The van der Waals surface area contributed by atoms with Crippen molar-refractivity contribution in [3.05, 3.63) is 35.4 Å². The van der Waals surface area contributed by atoms with Gasteiger partial charge in [0, 0.05) is 32.1 Å². The average molecular weight is 256 g/mol. The van der Waals surface area contributed by atoms with Crippen molar-refractivity contribution in [2.45, 2.75) is 18.8 Å². The van der Waals surface area contributed by atoms with E-state index in [1.165, 1.54) is 11.1 Å². The first-order chi connectivity index (χ1) is 9.21. The van der Waals surface area contributed by atoms with Crippen LogP contribution in [0.3, 0.4) is 0 Å². The van der Waals surface area contributed by atoms with Crippen LogP contribution in [0.15, 0.2) is 24.3 Å². The number of ketones is 1. The van der Waals surface area contributed by atoms with Gasteiger partial charge in [0.2, 0.25) is 0 Å². The van der Waals surface area contributed by atoms with Gasteiger partial charge >= 0.3 is 0 Å². The van der Waals surface area contributed by atoms with Crippen LogP contribution in [0.1, 0.15) is 18.1 Å². The van der Waals surface area contributed by atoms with Gasteiger partial charge in [-0.3, -0.25) is 14.6 Å². The highest BCUT2D eigenvalue weighted by Gasteiger charge is 2.56. The maximum atomic E-state index is 12.8. The number of aryl methyl sites for hydroxylation is 1. The van der Waals surface area contributed by atoms with Gasteiger partial charge in [0.15, 0.2) is 5.78 Å². The summed E-state index contributed by atoms with van der Waals surface area (Å²) in [6.07, 6.45) is 1.06. The van der Waals surface area contributed by atoms with Crippen LogP contribution in [0.4, 0.5) is 0 Å². The van der Waals surface area contributed by atoms with Crippen molar-refractivity contribution in [3.63, 3.8) is 0 Å².